The van der Waals surface area contributed by atoms with Crippen molar-refractivity contribution in [2.24, 2.45) is 7.05 Å². The first-order valence-electron chi connectivity index (χ1n) is 8.84. The van der Waals surface area contributed by atoms with Gasteiger partial charge in [-0.2, -0.15) is 0 Å². The van der Waals surface area contributed by atoms with Crippen molar-refractivity contribution >= 4 is 22.4 Å². The molecule has 0 saturated carbocycles. The van der Waals surface area contributed by atoms with Crippen molar-refractivity contribution in [1.82, 2.24) is 9.47 Å². The maximum absolute atomic E-state index is 12.8. The Morgan fingerprint density at radius 2 is 1.96 bits per heavy atom. The molecule has 1 aliphatic heterocycles. The van der Waals surface area contributed by atoms with Gasteiger partial charge >= 0.3 is 0 Å². The lowest BCUT2D eigenvalue weighted by atomic mass is 9.98. The largest absolute Gasteiger partial charge is 0.497 e. The monoisotopic (exact) mass is 346 g/mol. The highest BCUT2D eigenvalue weighted by molar-refractivity contribution is 5.96. The van der Waals surface area contributed by atoms with Crippen LogP contribution in [0.4, 0.5) is 0 Å². The average Bonchev–Trinajstić information content (AvgIpc) is 3.04. The average molecular weight is 346 g/mol. The third-order valence-electron chi connectivity index (χ3n) is 5.06. The number of carbonyl (C=O) groups excluding carboxylic acids is 1. The fourth-order valence-electron chi connectivity index (χ4n) is 3.63. The molecule has 1 aliphatic rings. The van der Waals surface area contributed by atoms with E-state index in [2.05, 4.69) is 48.2 Å². The van der Waals surface area contributed by atoms with Gasteiger partial charge in [-0.25, -0.2) is 0 Å². The lowest BCUT2D eigenvalue weighted by Gasteiger charge is -2.26. The van der Waals surface area contributed by atoms with Crippen molar-refractivity contribution in [3.63, 3.8) is 0 Å². The highest BCUT2D eigenvalue weighted by Crippen LogP contribution is 2.30. The molecule has 26 heavy (non-hydrogen) atoms. The Labute approximate surface area is 153 Å². The quantitative estimate of drug-likeness (QED) is 0.715. The molecule has 3 aromatic rings. The summed E-state index contributed by atoms with van der Waals surface area (Å²) in [6, 6.07) is 15.8. The van der Waals surface area contributed by atoms with Crippen LogP contribution in [0, 0.1) is 0 Å². The number of ether oxygens (including phenoxy) is 1. The van der Waals surface area contributed by atoms with Crippen molar-refractivity contribution in [2.45, 2.75) is 6.42 Å². The highest BCUT2D eigenvalue weighted by atomic mass is 16.5. The first-order valence-corrected chi connectivity index (χ1v) is 8.84. The number of carbonyl (C=O) groups is 1. The third-order valence-corrected chi connectivity index (χ3v) is 5.06. The first kappa shape index (κ1) is 16.5. The third kappa shape index (κ3) is 2.88. The van der Waals surface area contributed by atoms with Crippen LogP contribution in [0.5, 0.6) is 5.75 Å². The van der Waals surface area contributed by atoms with Gasteiger partial charge in [0.2, 0.25) is 0 Å². The highest BCUT2D eigenvalue weighted by Gasteiger charge is 2.21. The number of aryl methyl sites for hydroxylation is 1. The molecular formula is C22H22N2O2. The molecule has 4 rings (SSSR count). The lowest BCUT2D eigenvalue weighted by molar-refractivity contribution is 0.0772. The molecule has 0 spiro atoms. The van der Waals surface area contributed by atoms with E-state index in [9.17, 15) is 4.79 Å². The second kappa shape index (κ2) is 6.71. The Hall–Kier alpha value is -3.01. The van der Waals surface area contributed by atoms with Gasteiger partial charge in [-0.15, -0.1) is 0 Å². The van der Waals surface area contributed by atoms with Crippen molar-refractivity contribution in [1.29, 1.82) is 0 Å². The number of rotatable bonds is 3. The standard InChI is InChI=1S/C22H22N2O2/c1-23-15-20(19-8-3-4-9-21(19)23)16-10-12-24(13-11-16)22(25)17-6-5-7-18(14-17)26-2/h3-10,14-15H,11-13H2,1-2H3. The molecule has 0 atom stereocenters. The number of benzene rings is 2. The molecule has 0 radical (unpaired) electrons. The van der Waals surface area contributed by atoms with E-state index in [1.807, 2.05) is 23.1 Å². The van der Waals surface area contributed by atoms with Crippen LogP contribution in [0.3, 0.4) is 0 Å². The van der Waals surface area contributed by atoms with Gasteiger partial charge in [0.05, 0.1) is 7.11 Å². The van der Waals surface area contributed by atoms with E-state index >= 15 is 0 Å². The van der Waals surface area contributed by atoms with E-state index in [1.54, 1.807) is 13.2 Å². The minimum Gasteiger partial charge on any atom is -0.497 e. The van der Waals surface area contributed by atoms with Gasteiger partial charge in [-0.3, -0.25) is 4.79 Å². The van der Waals surface area contributed by atoms with Crippen LogP contribution in [0.1, 0.15) is 22.3 Å². The zero-order chi connectivity index (χ0) is 18.1. The molecule has 0 N–H and O–H groups in total. The van der Waals surface area contributed by atoms with Crippen LogP contribution < -0.4 is 4.74 Å². The molecular weight excluding hydrogens is 324 g/mol. The summed E-state index contributed by atoms with van der Waals surface area (Å²) in [7, 11) is 3.69. The maximum Gasteiger partial charge on any atom is 0.254 e. The van der Waals surface area contributed by atoms with E-state index in [1.165, 1.54) is 22.0 Å². The van der Waals surface area contributed by atoms with Crippen LogP contribution in [-0.2, 0) is 7.05 Å². The number of methoxy groups -OCH3 is 1. The molecule has 132 valence electrons. The van der Waals surface area contributed by atoms with Gasteiger partial charge in [0.15, 0.2) is 0 Å². The normalized spacial score (nSPS) is 14.4. The van der Waals surface area contributed by atoms with E-state index < -0.39 is 0 Å². The number of nitrogens with zero attached hydrogens (tertiary/aromatic N) is 2. The second-order valence-electron chi connectivity index (χ2n) is 6.63. The molecule has 4 nitrogen and oxygen atoms in total. The molecule has 1 amide bonds. The van der Waals surface area contributed by atoms with Crippen LogP contribution in [0.2, 0.25) is 0 Å². The summed E-state index contributed by atoms with van der Waals surface area (Å²) < 4.78 is 7.39. The molecule has 0 bridgehead atoms. The number of aromatic nitrogens is 1. The second-order valence-corrected chi connectivity index (χ2v) is 6.63. The Bertz CT molecular complexity index is 1000. The summed E-state index contributed by atoms with van der Waals surface area (Å²) >= 11 is 0. The molecule has 0 aliphatic carbocycles. The van der Waals surface area contributed by atoms with E-state index in [0.717, 1.165) is 13.0 Å². The topological polar surface area (TPSA) is 34.5 Å². The summed E-state index contributed by atoms with van der Waals surface area (Å²) in [5, 5.41) is 1.27. The van der Waals surface area contributed by atoms with Crippen LogP contribution in [-0.4, -0.2) is 35.6 Å². The Kier molecular flexibility index (Phi) is 4.25. The SMILES string of the molecule is COc1cccc(C(=O)N2CC=C(c3cn(C)c4ccccc34)CC2)c1. The molecule has 2 heterocycles. The van der Waals surface area contributed by atoms with Crippen LogP contribution >= 0.6 is 0 Å². The van der Waals surface area contributed by atoms with Crippen molar-refractivity contribution < 1.29 is 9.53 Å². The maximum atomic E-state index is 12.8. The summed E-state index contributed by atoms with van der Waals surface area (Å²) in [6.45, 7) is 1.36. The Morgan fingerprint density at radius 1 is 1.12 bits per heavy atom. The zero-order valence-corrected chi connectivity index (χ0v) is 15.1. The predicted octanol–water partition coefficient (Wildman–Crippen LogP) is 4.12. The fourth-order valence-corrected chi connectivity index (χ4v) is 3.63. The van der Waals surface area contributed by atoms with Crippen molar-refractivity contribution in [2.75, 3.05) is 20.2 Å². The zero-order valence-electron chi connectivity index (χ0n) is 15.1. The number of hydrogen-bond donors (Lipinski definition) is 0. The molecule has 0 saturated heterocycles. The summed E-state index contributed by atoms with van der Waals surface area (Å²) in [5.74, 6) is 0.761. The van der Waals surface area contributed by atoms with Crippen molar-refractivity contribution in [3.8, 4) is 5.75 Å². The summed E-state index contributed by atoms with van der Waals surface area (Å²) in [6.07, 6.45) is 5.24. The fraction of sp³-hybridized carbons (Fsp3) is 0.227. The van der Waals surface area contributed by atoms with Gasteiger partial charge in [0.25, 0.3) is 5.91 Å². The first-order chi connectivity index (χ1) is 12.7. The minimum absolute atomic E-state index is 0.0529. The summed E-state index contributed by atoms with van der Waals surface area (Å²) in [5.41, 5.74) is 4.50. The van der Waals surface area contributed by atoms with Crippen molar-refractivity contribution in [3.05, 3.63) is 71.9 Å². The Morgan fingerprint density at radius 3 is 2.73 bits per heavy atom. The Balaban J connectivity index is 1.57. The number of amides is 1. The molecule has 2 aromatic carbocycles. The summed E-state index contributed by atoms with van der Waals surface area (Å²) in [4.78, 5) is 14.7. The van der Waals surface area contributed by atoms with Gasteiger partial charge in [0, 0.05) is 48.4 Å². The predicted molar refractivity (Wildman–Crippen MR) is 104 cm³/mol. The van der Waals surface area contributed by atoms with E-state index in [-0.39, 0.29) is 5.91 Å². The lowest BCUT2D eigenvalue weighted by Crippen LogP contribution is -2.34. The van der Waals surface area contributed by atoms with E-state index in [0.29, 0.717) is 17.9 Å². The number of fused-ring (bicyclic) bond motifs is 1. The molecule has 4 heteroatoms. The molecule has 1 aromatic heterocycles. The van der Waals surface area contributed by atoms with Crippen LogP contribution in [0.15, 0.2) is 60.8 Å². The van der Waals surface area contributed by atoms with Gasteiger partial charge in [0.1, 0.15) is 5.75 Å². The smallest absolute Gasteiger partial charge is 0.254 e. The van der Waals surface area contributed by atoms with Gasteiger partial charge in [-0.1, -0.05) is 30.3 Å². The van der Waals surface area contributed by atoms with Gasteiger partial charge < -0.3 is 14.2 Å². The molecule has 0 unspecified atom stereocenters. The number of para-hydroxylation sites is 1. The van der Waals surface area contributed by atoms with Gasteiger partial charge in [-0.05, 0) is 36.3 Å². The van der Waals surface area contributed by atoms with E-state index in [4.69, 9.17) is 4.74 Å². The number of hydrogen-bond acceptors (Lipinski definition) is 2. The van der Waals surface area contributed by atoms with Crippen LogP contribution in [0.25, 0.3) is 16.5 Å². The minimum atomic E-state index is 0.0529. The molecule has 0 fully saturated rings.